The van der Waals surface area contributed by atoms with Crippen molar-refractivity contribution in [3.05, 3.63) is 29.3 Å². The number of hydrogen-bond donors (Lipinski definition) is 0. The van der Waals surface area contributed by atoms with Gasteiger partial charge in [-0.3, -0.25) is 9.59 Å². The summed E-state index contributed by atoms with van der Waals surface area (Å²) < 4.78 is 21.8. The van der Waals surface area contributed by atoms with E-state index in [4.69, 9.17) is 10.7 Å². The number of hydrogen-bond acceptors (Lipinski definition) is 4. The molecule has 0 spiro atoms. The summed E-state index contributed by atoms with van der Waals surface area (Å²) >= 11 is 0. The predicted octanol–water partition coefficient (Wildman–Crippen LogP) is 1.24. The van der Waals surface area contributed by atoms with Crippen molar-refractivity contribution < 1.29 is 18.0 Å². The first-order chi connectivity index (χ1) is 6.47. The van der Waals surface area contributed by atoms with Gasteiger partial charge in [-0.25, -0.2) is 8.42 Å². The molecule has 0 aliphatic carbocycles. The molecule has 0 saturated heterocycles. The van der Waals surface area contributed by atoms with Gasteiger partial charge in [-0.1, -0.05) is 0 Å². The van der Waals surface area contributed by atoms with Crippen LogP contribution in [0.25, 0.3) is 0 Å². The van der Waals surface area contributed by atoms with E-state index in [2.05, 4.69) is 0 Å². The Kier molecular flexibility index (Phi) is 3.03. The highest BCUT2D eigenvalue weighted by atomic mass is 35.7. The summed E-state index contributed by atoms with van der Waals surface area (Å²) in [5.41, 5.74) is 0.183. The van der Waals surface area contributed by atoms with Crippen LogP contribution in [0.5, 0.6) is 0 Å². The molecule has 74 valence electrons. The maximum Gasteiger partial charge on any atom is 0.261 e. The van der Waals surface area contributed by atoms with Crippen LogP contribution in [0.2, 0.25) is 0 Å². The molecule has 0 unspecified atom stereocenters. The van der Waals surface area contributed by atoms with Crippen molar-refractivity contribution in [2.24, 2.45) is 0 Å². The van der Waals surface area contributed by atoms with Gasteiger partial charge in [0.2, 0.25) is 0 Å². The molecular formula is C8H5ClO4S. The van der Waals surface area contributed by atoms with Gasteiger partial charge < -0.3 is 0 Å². The second-order valence-corrected chi connectivity index (χ2v) is 5.07. The topological polar surface area (TPSA) is 68.3 Å². The Morgan fingerprint density at radius 1 is 1.00 bits per heavy atom. The maximum absolute atomic E-state index is 10.9. The molecule has 0 saturated carbocycles. The summed E-state index contributed by atoms with van der Waals surface area (Å²) in [5.74, 6) is 0. The maximum atomic E-state index is 10.9. The quantitative estimate of drug-likeness (QED) is 0.581. The lowest BCUT2D eigenvalue weighted by Gasteiger charge is -1.98. The number of carbonyl (C=O) groups is 2. The summed E-state index contributed by atoms with van der Waals surface area (Å²) in [6, 6.07) is 3.47. The Morgan fingerprint density at radius 2 is 1.43 bits per heavy atom. The fourth-order valence-electron chi connectivity index (χ4n) is 0.923. The number of aldehydes is 2. The minimum Gasteiger partial charge on any atom is -0.298 e. The van der Waals surface area contributed by atoms with Gasteiger partial charge in [-0.05, 0) is 18.2 Å². The zero-order valence-electron chi connectivity index (χ0n) is 6.81. The summed E-state index contributed by atoms with van der Waals surface area (Å²) in [6.45, 7) is 0. The van der Waals surface area contributed by atoms with Gasteiger partial charge in [0, 0.05) is 21.8 Å². The molecule has 0 aliphatic rings. The molecule has 0 aliphatic heterocycles. The second kappa shape index (κ2) is 3.89. The fourth-order valence-corrected chi connectivity index (χ4v) is 1.74. The van der Waals surface area contributed by atoms with Crippen LogP contribution in [-0.2, 0) is 9.05 Å². The molecule has 1 rings (SSSR count). The first kappa shape index (κ1) is 10.9. The predicted molar refractivity (Wildman–Crippen MR) is 50.3 cm³/mol. The molecule has 14 heavy (non-hydrogen) atoms. The van der Waals surface area contributed by atoms with Crippen LogP contribution < -0.4 is 0 Å². The van der Waals surface area contributed by atoms with Crippen molar-refractivity contribution in [1.82, 2.24) is 0 Å². The Bertz CT molecular complexity index is 452. The lowest BCUT2D eigenvalue weighted by Crippen LogP contribution is -1.95. The van der Waals surface area contributed by atoms with Crippen LogP contribution in [0.1, 0.15) is 20.7 Å². The van der Waals surface area contributed by atoms with Gasteiger partial charge >= 0.3 is 0 Å². The molecule has 6 heteroatoms. The molecule has 0 amide bonds. The molecular weight excluding hydrogens is 228 g/mol. The zero-order chi connectivity index (χ0) is 10.8. The van der Waals surface area contributed by atoms with E-state index in [1.54, 1.807) is 0 Å². The van der Waals surface area contributed by atoms with E-state index < -0.39 is 9.05 Å². The average molecular weight is 233 g/mol. The van der Waals surface area contributed by atoms with Gasteiger partial charge in [-0.15, -0.1) is 0 Å². The van der Waals surface area contributed by atoms with Crippen LogP contribution in [0.3, 0.4) is 0 Å². The van der Waals surface area contributed by atoms with E-state index >= 15 is 0 Å². The fraction of sp³-hybridized carbons (Fsp3) is 0. The Morgan fingerprint density at radius 3 is 1.71 bits per heavy atom. The van der Waals surface area contributed by atoms with Crippen molar-refractivity contribution in [1.29, 1.82) is 0 Å². The first-order valence-electron chi connectivity index (χ1n) is 3.47. The summed E-state index contributed by atoms with van der Waals surface area (Å²) in [6.07, 6.45) is 0.886. The third kappa shape index (κ3) is 2.40. The van der Waals surface area contributed by atoms with E-state index in [1.807, 2.05) is 0 Å². The average Bonchev–Trinajstić information content (AvgIpc) is 2.15. The highest BCUT2D eigenvalue weighted by Crippen LogP contribution is 2.17. The Hall–Kier alpha value is -1.20. The minimum atomic E-state index is -3.91. The number of halogens is 1. The standard InChI is InChI=1S/C8H5ClO4S/c9-14(12,13)8-2-6(4-10)1-7(3-8)5-11/h1-5H. The van der Waals surface area contributed by atoms with Crippen molar-refractivity contribution in [3.8, 4) is 0 Å². The number of benzene rings is 1. The van der Waals surface area contributed by atoms with Crippen molar-refractivity contribution in [3.63, 3.8) is 0 Å². The molecule has 0 bridgehead atoms. The molecule has 4 nitrogen and oxygen atoms in total. The van der Waals surface area contributed by atoms with Gasteiger partial charge in [0.05, 0.1) is 4.90 Å². The smallest absolute Gasteiger partial charge is 0.261 e. The molecule has 1 aromatic rings. The molecule has 1 aromatic carbocycles. The van der Waals surface area contributed by atoms with Crippen molar-refractivity contribution in [2.45, 2.75) is 4.90 Å². The highest BCUT2D eigenvalue weighted by molar-refractivity contribution is 8.13. The Labute approximate surface area is 84.9 Å². The van der Waals surface area contributed by atoms with Crippen LogP contribution in [0.15, 0.2) is 23.1 Å². The molecule has 0 radical (unpaired) electrons. The monoisotopic (exact) mass is 232 g/mol. The van der Waals surface area contributed by atoms with Crippen molar-refractivity contribution in [2.75, 3.05) is 0 Å². The molecule has 0 aromatic heterocycles. The van der Waals surface area contributed by atoms with E-state index in [9.17, 15) is 18.0 Å². The van der Waals surface area contributed by atoms with Gasteiger partial charge in [0.25, 0.3) is 9.05 Å². The van der Waals surface area contributed by atoms with E-state index in [0.29, 0.717) is 12.6 Å². The third-order valence-corrected chi connectivity index (χ3v) is 2.84. The Balaban J connectivity index is 3.46. The van der Waals surface area contributed by atoms with Crippen LogP contribution >= 0.6 is 10.7 Å². The van der Waals surface area contributed by atoms with E-state index in [0.717, 1.165) is 12.1 Å². The van der Waals surface area contributed by atoms with Gasteiger partial charge in [0.15, 0.2) is 0 Å². The molecule has 0 heterocycles. The van der Waals surface area contributed by atoms with Gasteiger partial charge in [0.1, 0.15) is 12.6 Å². The molecule has 0 atom stereocenters. The van der Waals surface area contributed by atoms with Gasteiger partial charge in [-0.2, -0.15) is 0 Å². The SMILES string of the molecule is O=Cc1cc(C=O)cc(S(=O)(=O)Cl)c1. The van der Waals surface area contributed by atoms with Crippen LogP contribution in [0, 0.1) is 0 Å². The lowest BCUT2D eigenvalue weighted by molar-refractivity contribution is 0.112. The molecule has 0 N–H and O–H groups in total. The minimum absolute atomic E-state index is 0.0915. The number of rotatable bonds is 3. The lowest BCUT2D eigenvalue weighted by atomic mass is 10.1. The zero-order valence-corrected chi connectivity index (χ0v) is 8.38. The van der Waals surface area contributed by atoms with E-state index in [-0.39, 0.29) is 16.0 Å². The summed E-state index contributed by atoms with van der Waals surface area (Å²) in [5, 5.41) is 0. The largest absolute Gasteiger partial charge is 0.298 e. The highest BCUT2D eigenvalue weighted by Gasteiger charge is 2.11. The normalized spacial score (nSPS) is 10.9. The first-order valence-corrected chi connectivity index (χ1v) is 5.78. The summed E-state index contributed by atoms with van der Waals surface area (Å²) in [4.78, 5) is 20.5. The van der Waals surface area contributed by atoms with Crippen molar-refractivity contribution >= 4 is 32.3 Å². The van der Waals surface area contributed by atoms with Crippen LogP contribution in [-0.4, -0.2) is 21.0 Å². The molecule has 0 fully saturated rings. The third-order valence-electron chi connectivity index (χ3n) is 1.50. The van der Waals surface area contributed by atoms with Crippen LogP contribution in [0.4, 0.5) is 0 Å². The summed E-state index contributed by atoms with van der Waals surface area (Å²) in [7, 11) is 1.14. The second-order valence-electron chi connectivity index (χ2n) is 2.51. The number of carbonyl (C=O) groups excluding carboxylic acids is 2. The van der Waals surface area contributed by atoms with E-state index in [1.165, 1.54) is 6.07 Å².